The molecule has 0 spiro atoms. The van der Waals surface area contributed by atoms with Crippen LogP contribution in [-0.2, 0) is 16.0 Å². The van der Waals surface area contributed by atoms with Crippen molar-refractivity contribution in [1.29, 1.82) is 0 Å². The molecule has 0 radical (unpaired) electrons. The largest absolute Gasteiger partial charge is 0.459 e. The van der Waals surface area contributed by atoms with E-state index in [4.69, 9.17) is 4.42 Å². The van der Waals surface area contributed by atoms with Crippen LogP contribution in [0.3, 0.4) is 0 Å². The lowest BCUT2D eigenvalue weighted by Crippen LogP contribution is -2.55. The monoisotopic (exact) mass is 528 g/mol. The van der Waals surface area contributed by atoms with Gasteiger partial charge < -0.3 is 24.1 Å². The summed E-state index contributed by atoms with van der Waals surface area (Å²) in [6.07, 6.45) is 9.94. The summed E-state index contributed by atoms with van der Waals surface area (Å²) in [6, 6.07) is 11.2. The van der Waals surface area contributed by atoms with Crippen molar-refractivity contribution in [2.45, 2.75) is 19.4 Å². The molecule has 8 heteroatoms. The molecule has 1 aromatic carbocycles. The fraction of sp³-hybridized carbons (Fsp3) is 0.323. The number of para-hydroxylation sites is 1. The van der Waals surface area contributed by atoms with E-state index in [1.54, 1.807) is 29.2 Å². The number of amides is 2. The number of carbonyl (C=O) groups is 3. The van der Waals surface area contributed by atoms with E-state index in [2.05, 4.69) is 22.5 Å². The second kappa shape index (κ2) is 12.6. The van der Waals surface area contributed by atoms with Gasteiger partial charge in [0.15, 0.2) is 5.76 Å². The molecule has 3 heterocycles. The lowest BCUT2D eigenvalue weighted by atomic mass is 9.81. The molecule has 204 valence electrons. The minimum Gasteiger partial charge on any atom is -0.459 e. The number of hydrogen-bond acceptors (Lipinski definition) is 5. The number of H-pyrrole nitrogens is 1. The Morgan fingerprint density at radius 2 is 1.82 bits per heavy atom. The molecule has 39 heavy (non-hydrogen) atoms. The second-order valence-electron chi connectivity index (χ2n) is 9.89. The zero-order valence-corrected chi connectivity index (χ0v) is 22.8. The molecule has 1 aliphatic rings. The lowest BCUT2D eigenvalue weighted by molar-refractivity contribution is -0.137. The second-order valence-corrected chi connectivity index (χ2v) is 9.89. The summed E-state index contributed by atoms with van der Waals surface area (Å²) in [7, 11) is 3.93. The van der Waals surface area contributed by atoms with Gasteiger partial charge in [0.1, 0.15) is 6.29 Å². The van der Waals surface area contributed by atoms with Gasteiger partial charge in [0.2, 0.25) is 5.91 Å². The van der Waals surface area contributed by atoms with Crippen molar-refractivity contribution in [3.05, 3.63) is 96.1 Å². The van der Waals surface area contributed by atoms with E-state index >= 15 is 0 Å². The number of aromatic nitrogens is 1. The summed E-state index contributed by atoms with van der Waals surface area (Å²) in [5.41, 5.74) is 3.24. The molecule has 1 fully saturated rings. The molecule has 0 saturated carbocycles. The molecule has 2 unspecified atom stereocenters. The van der Waals surface area contributed by atoms with Gasteiger partial charge in [-0.15, -0.1) is 0 Å². The number of allylic oxidation sites excluding steroid dienone is 4. The van der Waals surface area contributed by atoms with Crippen LogP contribution in [0.25, 0.3) is 10.9 Å². The Kier molecular flexibility index (Phi) is 8.99. The van der Waals surface area contributed by atoms with Gasteiger partial charge in [-0.3, -0.25) is 14.4 Å². The first-order chi connectivity index (χ1) is 18.9. The van der Waals surface area contributed by atoms with E-state index in [0.29, 0.717) is 49.5 Å². The van der Waals surface area contributed by atoms with Crippen molar-refractivity contribution in [3.8, 4) is 0 Å². The Hall–Kier alpha value is -4.17. The van der Waals surface area contributed by atoms with Crippen molar-refractivity contribution in [2.75, 3.05) is 40.3 Å². The molecule has 0 bridgehead atoms. The van der Waals surface area contributed by atoms with Crippen molar-refractivity contribution >= 4 is 29.0 Å². The summed E-state index contributed by atoms with van der Waals surface area (Å²) in [4.78, 5) is 48.2. The predicted molar refractivity (Wildman–Crippen MR) is 152 cm³/mol. The van der Waals surface area contributed by atoms with E-state index in [1.807, 2.05) is 56.4 Å². The maximum Gasteiger partial charge on any atom is 0.289 e. The molecule has 2 aromatic heterocycles. The SMILES string of the molecule is C=C/C=C(C=O)\C(=C/C)C(C(=O)N1CCN(C(=O)c2ccco2)CC1)C(Cc1c[nH]c2ccccc12)N(C)C. The number of carbonyl (C=O) groups excluding carboxylic acids is 3. The summed E-state index contributed by atoms with van der Waals surface area (Å²) < 4.78 is 5.27. The highest BCUT2D eigenvalue weighted by molar-refractivity contribution is 5.92. The van der Waals surface area contributed by atoms with Crippen molar-refractivity contribution < 1.29 is 18.8 Å². The van der Waals surface area contributed by atoms with Crippen molar-refractivity contribution in [1.82, 2.24) is 19.7 Å². The maximum atomic E-state index is 14.3. The average Bonchev–Trinajstić information content (AvgIpc) is 3.64. The third kappa shape index (κ3) is 5.96. The Morgan fingerprint density at radius 3 is 2.44 bits per heavy atom. The third-order valence-corrected chi connectivity index (χ3v) is 7.43. The molecule has 1 saturated heterocycles. The highest BCUT2D eigenvalue weighted by Crippen LogP contribution is 2.31. The van der Waals surface area contributed by atoms with Gasteiger partial charge in [-0.25, -0.2) is 0 Å². The quantitative estimate of drug-likeness (QED) is 0.243. The predicted octanol–water partition coefficient (Wildman–Crippen LogP) is 4.09. The highest BCUT2D eigenvalue weighted by Gasteiger charge is 2.38. The molecule has 0 aliphatic carbocycles. The van der Waals surface area contributed by atoms with E-state index in [0.717, 1.165) is 22.8 Å². The molecule has 8 nitrogen and oxygen atoms in total. The summed E-state index contributed by atoms with van der Waals surface area (Å²) in [5, 5.41) is 1.11. The number of hydrogen-bond donors (Lipinski definition) is 1. The van der Waals surface area contributed by atoms with Crippen LogP contribution < -0.4 is 0 Å². The third-order valence-electron chi connectivity index (χ3n) is 7.43. The standard InChI is InChI=1S/C31H36N4O4/c1-5-10-22(21-36)24(6-2)29(27(33(3)4)19-23-20-32-26-12-8-7-11-25(23)26)31(38)35-16-14-34(15-17-35)30(37)28-13-9-18-39-28/h5-13,18,20-21,27,29,32H,1,14-17,19H2,2-4H3/b22-10-,24-6+. The number of benzene rings is 1. The minimum atomic E-state index is -0.609. The number of aromatic amines is 1. The molecular formula is C31H36N4O4. The number of piperazine rings is 1. The van der Waals surface area contributed by atoms with Gasteiger partial charge in [0.05, 0.1) is 12.2 Å². The molecule has 4 rings (SSSR count). The van der Waals surface area contributed by atoms with Gasteiger partial charge in [-0.05, 0) is 56.8 Å². The number of nitrogens with zero attached hydrogens (tertiary/aromatic N) is 3. The van der Waals surface area contributed by atoms with Crippen LogP contribution in [0.2, 0.25) is 0 Å². The Bertz CT molecular complexity index is 1370. The topological polar surface area (TPSA) is 89.9 Å². The Labute approximate surface area is 229 Å². The van der Waals surface area contributed by atoms with Crippen LogP contribution in [0, 0.1) is 5.92 Å². The van der Waals surface area contributed by atoms with Gasteiger partial charge in [0, 0.05) is 54.9 Å². The van der Waals surface area contributed by atoms with Crippen LogP contribution in [-0.4, -0.2) is 84.1 Å². The highest BCUT2D eigenvalue weighted by atomic mass is 16.3. The van der Waals surface area contributed by atoms with Crippen LogP contribution in [0.1, 0.15) is 23.0 Å². The Balaban J connectivity index is 1.65. The number of nitrogens with one attached hydrogen (secondary N) is 1. The zero-order chi connectivity index (χ0) is 27.9. The van der Waals surface area contributed by atoms with E-state index in [9.17, 15) is 14.4 Å². The van der Waals surface area contributed by atoms with Gasteiger partial charge in [-0.1, -0.05) is 43.0 Å². The smallest absolute Gasteiger partial charge is 0.289 e. The first-order valence-corrected chi connectivity index (χ1v) is 13.2. The van der Waals surface area contributed by atoms with Gasteiger partial charge >= 0.3 is 0 Å². The maximum absolute atomic E-state index is 14.3. The van der Waals surface area contributed by atoms with E-state index < -0.39 is 5.92 Å². The molecule has 1 aliphatic heterocycles. The minimum absolute atomic E-state index is 0.0662. The summed E-state index contributed by atoms with van der Waals surface area (Å²) in [5.74, 6) is -0.563. The molecule has 2 atom stereocenters. The van der Waals surface area contributed by atoms with Gasteiger partial charge in [0.25, 0.3) is 5.91 Å². The number of furan rings is 1. The molecule has 1 N–H and O–H groups in total. The number of aldehydes is 1. The lowest BCUT2D eigenvalue weighted by Gasteiger charge is -2.40. The fourth-order valence-electron chi connectivity index (χ4n) is 5.37. The molecular weight excluding hydrogens is 492 g/mol. The molecule has 2 amide bonds. The summed E-state index contributed by atoms with van der Waals surface area (Å²) in [6.45, 7) is 7.22. The zero-order valence-electron chi connectivity index (χ0n) is 22.8. The first-order valence-electron chi connectivity index (χ1n) is 13.2. The number of fused-ring (bicyclic) bond motifs is 1. The first kappa shape index (κ1) is 27.9. The molecule has 3 aromatic rings. The van der Waals surface area contributed by atoms with E-state index in [1.165, 1.54) is 6.26 Å². The summed E-state index contributed by atoms with van der Waals surface area (Å²) >= 11 is 0. The fourth-order valence-corrected chi connectivity index (χ4v) is 5.37. The van der Waals surface area contributed by atoms with Crippen LogP contribution in [0.15, 0.2) is 89.2 Å². The number of likely N-dealkylation sites (N-methyl/N-ethyl adjacent to an activating group) is 1. The number of rotatable bonds is 10. The van der Waals surface area contributed by atoms with Crippen molar-refractivity contribution in [3.63, 3.8) is 0 Å². The van der Waals surface area contributed by atoms with Crippen molar-refractivity contribution in [2.24, 2.45) is 5.92 Å². The van der Waals surface area contributed by atoms with Crippen LogP contribution >= 0.6 is 0 Å². The van der Waals surface area contributed by atoms with Crippen LogP contribution in [0.5, 0.6) is 0 Å². The normalized spacial score (nSPS) is 16.4. The van der Waals surface area contributed by atoms with Crippen LogP contribution in [0.4, 0.5) is 0 Å². The average molecular weight is 529 g/mol. The Morgan fingerprint density at radius 1 is 1.10 bits per heavy atom. The van der Waals surface area contributed by atoms with E-state index in [-0.39, 0.29) is 17.9 Å². The van der Waals surface area contributed by atoms with Gasteiger partial charge in [-0.2, -0.15) is 0 Å².